The molecule has 2 N–H and O–H groups in total. The van der Waals surface area contributed by atoms with Gasteiger partial charge in [0.25, 0.3) is 0 Å². The average Bonchev–Trinajstić information content (AvgIpc) is 3.09. The summed E-state index contributed by atoms with van der Waals surface area (Å²) < 4.78 is 45.2. The molecule has 7 nitrogen and oxygen atoms in total. The van der Waals surface area contributed by atoms with Gasteiger partial charge in [0.15, 0.2) is 0 Å². The Labute approximate surface area is 165 Å². The van der Waals surface area contributed by atoms with Crippen molar-refractivity contribution in [3.8, 4) is 11.5 Å². The van der Waals surface area contributed by atoms with Crippen LogP contribution in [0.5, 0.6) is 0 Å². The van der Waals surface area contributed by atoms with E-state index in [0.29, 0.717) is 24.0 Å². The molecule has 1 aromatic heterocycles. The highest BCUT2D eigenvalue weighted by Gasteiger charge is 2.30. The minimum atomic E-state index is -3.31. The van der Waals surface area contributed by atoms with Gasteiger partial charge in [0.1, 0.15) is 5.82 Å². The largest absolute Gasteiger partial charge is 0.403 e. The molecule has 0 unspecified atom stereocenters. The molecule has 0 aliphatic heterocycles. The van der Waals surface area contributed by atoms with E-state index in [1.165, 1.54) is 12.1 Å². The van der Waals surface area contributed by atoms with Gasteiger partial charge >= 0.3 is 6.01 Å². The van der Waals surface area contributed by atoms with E-state index < -0.39 is 14.8 Å². The first-order valence-electron chi connectivity index (χ1n) is 9.49. The van der Waals surface area contributed by atoms with Crippen molar-refractivity contribution in [2.45, 2.75) is 57.2 Å². The highest BCUT2D eigenvalue weighted by Crippen LogP contribution is 2.28. The summed E-state index contributed by atoms with van der Waals surface area (Å²) in [7, 11) is -3.31. The van der Waals surface area contributed by atoms with Gasteiger partial charge in [0, 0.05) is 18.2 Å². The van der Waals surface area contributed by atoms with Crippen molar-refractivity contribution in [3.05, 3.63) is 30.1 Å². The van der Waals surface area contributed by atoms with Crippen LogP contribution in [0.2, 0.25) is 0 Å². The van der Waals surface area contributed by atoms with E-state index in [4.69, 9.17) is 4.42 Å². The lowest BCUT2D eigenvalue weighted by atomic mass is 9.86. The van der Waals surface area contributed by atoms with E-state index in [2.05, 4.69) is 20.2 Å². The second kappa shape index (κ2) is 8.16. The second-order valence-corrected chi connectivity index (χ2v) is 10.8. The maximum Gasteiger partial charge on any atom is 0.315 e. The van der Waals surface area contributed by atoms with E-state index >= 15 is 0 Å². The van der Waals surface area contributed by atoms with Crippen molar-refractivity contribution < 1.29 is 17.2 Å². The number of aromatic nitrogens is 2. The van der Waals surface area contributed by atoms with Crippen molar-refractivity contribution in [3.63, 3.8) is 0 Å². The molecule has 0 atom stereocenters. The van der Waals surface area contributed by atoms with Gasteiger partial charge in [0.05, 0.1) is 4.75 Å². The Bertz CT molecular complexity index is 900. The molecule has 9 heteroatoms. The number of nitrogens with one attached hydrogen (secondary N) is 2. The van der Waals surface area contributed by atoms with Crippen LogP contribution in [0.3, 0.4) is 0 Å². The van der Waals surface area contributed by atoms with Crippen LogP contribution in [0, 0.1) is 11.7 Å². The molecule has 1 fully saturated rings. The molecule has 1 aromatic carbocycles. The molecule has 28 heavy (non-hydrogen) atoms. The summed E-state index contributed by atoms with van der Waals surface area (Å²) in [5.41, 5.74) is 0.537. The number of anilines is 1. The van der Waals surface area contributed by atoms with E-state index in [9.17, 15) is 12.8 Å². The SMILES string of the molecule is CC(C)(C)S(=O)(=O)NCC1CCC(Nc2nnc(-c3cccc(F)c3)o2)CC1. The van der Waals surface area contributed by atoms with Gasteiger partial charge in [-0.25, -0.2) is 17.5 Å². The maximum atomic E-state index is 13.3. The Kier molecular flexibility index (Phi) is 6.04. The molecule has 1 heterocycles. The monoisotopic (exact) mass is 410 g/mol. The minimum Gasteiger partial charge on any atom is -0.403 e. The van der Waals surface area contributed by atoms with Crippen LogP contribution >= 0.6 is 0 Å². The molecule has 1 aliphatic carbocycles. The molecule has 0 spiro atoms. The zero-order valence-electron chi connectivity index (χ0n) is 16.4. The van der Waals surface area contributed by atoms with Crippen LogP contribution < -0.4 is 10.0 Å². The summed E-state index contributed by atoms with van der Waals surface area (Å²) in [4.78, 5) is 0. The van der Waals surface area contributed by atoms with Gasteiger partial charge in [-0.15, -0.1) is 5.10 Å². The average molecular weight is 411 g/mol. The van der Waals surface area contributed by atoms with Gasteiger partial charge in [-0.3, -0.25) is 0 Å². The van der Waals surface area contributed by atoms with Crippen LogP contribution in [0.15, 0.2) is 28.7 Å². The predicted molar refractivity (Wildman–Crippen MR) is 106 cm³/mol. The molecule has 0 radical (unpaired) electrons. The fourth-order valence-corrected chi connectivity index (χ4v) is 4.04. The second-order valence-electron chi connectivity index (χ2n) is 8.25. The number of rotatable bonds is 6. The lowest BCUT2D eigenvalue weighted by Crippen LogP contribution is -2.42. The number of benzene rings is 1. The Hall–Kier alpha value is -2.00. The zero-order valence-corrected chi connectivity index (χ0v) is 17.2. The van der Waals surface area contributed by atoms with E-state index in [1.54, 1.807) is 32.9 Å². The van der Waals surface area contributed by atoms with Crippen LogP contribution in [0.4, 0.5) is 10.4 Å². The van der Waals surface area contributed by atoms with Crippen molar-refractivity contribution in [2.24, 2.45) is 5.92 Å². The lowest BCUT2D eigenvalue weighted by Gasteiger charge is -2.29. The third-order valence-corrected chi connectivity index (χ3v) is 7.20. The molecule has 0 amide bonds. The van der Waals surface area contributed by atoms with E-state index in [1.807, 2.05) is 0 Å². The smallest absolute Gasteiger partial charge is 0.315 e. The first-order valence-corrected chi connectivity index (χ1v) is 11.0. The Balaban J connectivity index is 1.49. The fourth-order valence-electron chi connectivity index (χ4n) is 3.15. The standard InChI is InChI=1S/C19H27FN4O3S/c1-19(2,3)28(25,26)21-12-13-7-9-16(10-8-13)22-18-24-23-17(27-18)14-5-4-6-15(20)11-14/h4-6,11,13,16,21H,7-10,12H2,1-3H3,(H,22,24). The first kappa shape index (κ1) is 20.7. The van der Waals surface area contributed by atoms with Gasteiger partial charge < -0.3 is 9.73 Å². The van der Waals surface area contributed by atoms with Gasteiger partial charge in [-0.05, 0) is 70.6 Å². The molecule has 2 aromatic rings. The van der Waals surface area contributed by atoms with E-state index in [0.717, 1.165) is 25.7 Å². The third-order valence-electron chi connectivity index (χ3n) is 5.04. The van der Waals surface area contributed by atoms with Crippen molar-refractivity contribution in [2.75, 3.05) is 11.9 Å². The van der Waals surface area contributed by atoms with Gasteiger partial charge in [-0.1, -0.05) is 11.2 Å². The van der Waals surface area contributed by atoms with Crippen LogP contribution in [0.1, 0.15) is 46.5 Å². The summed E-state index contributed by atoms with van der Waals surface area (Å²) >= 11 is 0. The molecule has 1 saturated carbocycles. The first-order chi connectivity index (χ1) is 13.1. The maximum absolute atomic E-state index is 13.3. The highest BCUT2D eigenvalue weighted by atomic mass is 32.2. The summed E-state index contributed by atoms with van der Waals surface area (Å²) in [5, 5.41) is 11.2. The quantitative estimate of drug-likeness (QED) is 0.756. The number of sulfonamides is 1. The number of hydrogen-bond donors (Lipinski definition) is 2. The summed E-state index contributed by atoms with van der Waals surface area (Å²) in [5.74, 6) is 0.235. The number of halogens is 1. The minimum absolute atomic E-state index is 0.191. The zero-order chi connectivity index (χ0) is 20.4. The Morgan fingerprint density at radius 1 is 1.18 bits per heavy atom. The predicted octanol–water partition coefficient (Wildman–Crippen LogP) is 3.56. The highest BCUT2D eigenvalue weighted by molar-refractivity contribution is 7.90. The lowest BCUT2D eigenvalue weighted by molar-refractivity contribution is 0.333. The summed E-state index contributed by atoms with van der Waals surface area (Å²) in [6, 6.07) is 6.52. The Morgan fingerprint density at radius 2 is 1.89 bits per heavy atom. The summed E-state index contributed by atoms with van der Waals surface area (Å²) in [6.07, 6.45) is 3.60. The van der Waals surface area contributed by atoms with Crippen molar-refractivity contribution >= 4 is 16.0 Å². The normalized spacial score (nSPS) is 20.9. The van der Waals surface area contributed by atoms with Gasteiger partial charge in [0.2, 0.25) is 15.9 Å². The third kappa shape index (κ3) is 5.08. The molecule has 1 aliphatic rings. The van der Waals surface area contributed by atoms with Gasteiger partial charge in [-0.2, -0.15) is 0 Å². The summed E-state index contributed by atoms with van der Waals surface area (Å²) in [6.45, 7) is 5.55. The Morgan fingerprint density at radius 3 is 2.54 bits per heavy atom. The topological polar surface area (TPSA) is 97.1 Å². The number of nitrogens with zero attached hydrogens (tertiary/aromatic N) is 2. The number of hydrogen-bond acceptors (Lipinski definition) is 6. The molecular weight excluding hydrogens is 383 g/mol. The van der Waals surface area contributed by atoms with Crippen molar-refractivity contribution in [1.29, 1.82) is 0 Å². The molecule has 0 bridgehead atoms. The molecular formula is C19H27FN4O3S. The fraction of sp³-hybridized carbons (Fsp3) is 0.579. The molecule has 0 saturated heterocycles. The van der Waals surface area contributed by atoms with Crippen molar-refractivity contribution in [1.82, 2.24) is 14.9 Å². The van der Waals surface area contributed by atoms with Crippen LogP contribution in [-0.2, 0) is 10.0 Å². The van der Waals surface area contributed by atoms with Crippen LogP contribution in [-0.4, -0.2) is 35.9 Å². The molecule has 154 valence electrons. The van der Waals surface area contributed by atoms with E-state index in [-0.39, 0.29) is 17.7 Å². The van der Waals surface area contributed by atoms with Crippen LogP contribution in [0.25, 0.3) is 11.5 Å². The molecule has 3 rings (SSSR count).